The molecule has 9 nitrogen and oxygen atoms in total. The monoisotopic (exact) mass is 498 g/mol. The summed E-state index contributed by atoms with van der Waals surface area (Å²) in [5.74, 6) is -0.139. The Morgan fingerprint density at radius 2 is 1.76 bits per heavy atom. The molecule has 0 amide bonds. The molecular weight excluding hydrogens is 476 g/mol. The first kappa shape index (κ1) is 22.7. The molecule has 6 rings (SSSR count). The summed E-state index contributed by atoms with van der Waals surface area (Å²) in [4.78, 5) is 38.2. The first-order valence-electron chi connectivity index (χ1n) is 11.6. The van der Waals surface area contributed by atoms with Crippen LogP contribution in [0.5, 0.6) is 23.0 Å². The van der Waals surface area contributed by atoms with Gasteiger partial charge in [0.25, 0.3) is 0 Å². The number of fused-ring (bicyclic) bond motifs is 4. The van der Waals surface area contributed by atoms with Crippen molar-refractivity contribution in [3.8, 4) is 23.0 Å². The van der Waals surface area contributed by atoms with Gasteiger partial charge in [-0.2, -0.15) is 0 Å². The van der Waals surface area contributed by atoms with Crippen LogP contribution < -0.4 is 19.9 Å². The van der Waals surface area contributed by atoms with Crippen LogP contribution in [-0.2, 0) is 18.9 Å². The molecular formula is C28H22N2O7. The van der Waals surface area contributed by atoms with Crippen LogP contribution in [0.3, 0.4) is 0 Å². The van der Waals surface area contributed by atoms with E-state index in [-0.39, 0.29) is 29.4 Å². The minimum Gasteiger partial charge on any atom is -0.504 e. The van der Waals surface area contributed by atoms with Gasteiger partial charge >= 0.3 is 11.7 Å². The molecule has 0 fully saturated rings. The number of phenols is 1. The fraction of sp³-hybridized carbons (Fsp3) is 0.179. The zero-order chi connectivity index (χ0) is 26.0. The van der Waals surface area contributed by atoms with Gasteiger partial charge in [-0.05, 0) is 53.6 Å². The molecule has 4 aromatic rings. The fourth-order valence-corrected chi connectivity index (χ4v) is 5.08. The number of ether oxygens (including phenoxy) is 3. The molecule has 2 aliphatic heterocycles. The predicted octanol–water partition coefficient (Wildman–Crippen LogP) is 3.65. The van der Waals surface area contributed by atoms with Crippen molar-refractivity contribution in [2.45, 2.75) is 12.3 Å². The lowest BCUT2D eigenvalue weighted by Gasteiger charge is -2.26. The van der Waals surface area contributed by atoms with Gasteiger partial charge in [-0.15, -0.1) is 0 Å². The molecule has 0 saturated carbocycles. The Hall–Kier alpha value is -4.79. The average molecular weight is 498 g/mol. The minimum atomic E-state index is -0.442. The Bertz CT molecular complexity index is 1740. The first-order chi connectivity index (χ1) is 17.8. The van der Waals surface area contributed by atoms with Crippen LogP contribution in [0.25, 0.3) is 17.1 Å². The lowest BCUT2D eigenvalue weighted by atomic mass is 9.84. The molecule has 9 heteroatoms. The number of esters is 1. The molecule has 0 spiro atoms. The van der Waals surface area contributed by atoms with Crippen LogP contribution in [0.2, 0.25) is 0 Å². The Balaban J connectivity index is 1.46. The van der Waals surface area contributed by atoms with Gasteiger partial charge in [0.2, 0.25) is 5.78 Å². The maximum atomic E-state index is 13.2. The summed E-state index contributed by atoms with van der Waals surface area (Å²) < 4.78 is 19.8. The second-order valence-electron chi connectivity index (χ2n) is 9.10. The summed E-state index contributed by atoms with van der Waals surface area (Å²) in [7, 11) is 4.86. The number of benzene rings is 3. The number of phenolic OH excluding ortho intramolecular Hbond substituents is 1. The number of allylic oxidation sites excluding steroid dienone is 1. The van der Waals surface area contributed by atoms with Gasteiger partial charge in [0.1, 0.15) is 11.5 Å². The Labute approximate surface area is 210 Å². The average Bonchev–Trinajstić information content (AvgIpc) is 3.31. The lowest BCUT2D eigenvalue weighted by molar-refractivity contribution is -0.135. The van der Waals surface area contributed by atoms with E-state index in [4.69, 9.17) is 14.2 Å². The standard InChI is InChI=1S/C28H22N2O7/c1-29-18-7-5-15(12-19(18)30(2)28(29)34)17-13-24(32)36-22-9-6-16-26(33)23(37-27(16)25(17)22)11-14-4-8-21(35-3)20(31)10-14/h4-12,17,31H,13H2,1-3H3/b23-11-/t17-/m1/s1. The van der Waals surface area contributed by atoms with Crippen LogP contribution >= 0.6 is 0 Å². The second-order valence-corrected chi connectivity index (χ2v) is 9.10. The Morgan fingerprint density at radius 3 is 2.51 bits per heavy atom. The van der Waals surface area contributed by atoms with Crippen LogP contribution in [0.15, 0.2) is 59.1 Å². The number of carbonyl (C=O) groups is 2. The number of imidazole rings is 1. The first-order valence-corrected chi connectivity index (χ1v) is 11.6. The van der Waals surface area contributed by atoms with Crippen LogP contribution in [0.1, 0.15) is 39.4 Å². The molecule has 1 N–H and O–H groups in total. The zero-order valence-corrected chi connectivity index (χ0v) is 20.3. The van der Waals surface area contributed by atoms with Gasteiger partial charge in [-0.3, -0.25) is 18.7 Å². The number of aryl methyl sites for hydroxylation is 2. The Morgan fingerprint density at radius 1 is 0.973 bits per heavy atom. The molecule has 37 heavy (non-hydrogen) atoms. The number of aromatic nitrogens is 2. The molecule has 1 aromatic heterocycles. The summed E-state index contributed by atoms with van der Waals surface area (Å²) in [6.07, 6.45) is 1.60. The van der Waals surface area contributed by atoms with Gasteiger partial charge in [-0.25, -0.2) is 4.79 Å². The molecule has 3 aromatic carbocycles. The maximum absolute atomic E-state index is 13.2. The molecule has 0 aliphatic carbocycles. The summed E-state index contributed by atoms with van der Waals surface area (Å²) in [5.41, 5.74) is 3.67. The van der Waals surface area contributed by atoms with E-state index in [9.17, 15) is 19.5 Å². The van der Waals surface area contributed by atoms with Crippen molar-refractivity contribution in [2.24, 2.45) is 14.1 Å². The molecule has 0 radical (unpaired) electrons. The van der Waals surface area contributed by atoms with E-state index in [0.717, 1.165) is 16.6 Å². The number of Topliss-reactive ketones (excluding diaryl/α,β-unsaturated/α-hetero) is 1. The fourth-order valence-electron chi connectivity index (χ4n) is 5.08. The lowest BCUT2D eigenvalue weighted by Crippen LogP contribution is -2.21. The van der Waals surface area contributed by atoms with Crippen LogP contribution in [0, 0.1) is 0 Å². The third kappa shape index (κ3) is 3.42. The van der Waals surface area contributed by atoms with Crippen molar-refractivity contribution >= 4 is 28.9 Å². The number of hydrogen-bond donors (Lipinski definition) is 1. The van der Waals surface area contributed by atoms with Crippen molar-refractivity contribution in [1.29, 1.82) is 0 Å². The zero-order valence-electron chi connectivity index (χ0n) is 20.3. The maximum Gasteiger partial charge on any atom is 0.328 e. The van der Waals surface area contributed by atoms with Crippen molar-refractivity contribution in [3.05, 3.63) is 87.0 Å². The van der Waals surface area contributed by atoms with Gasteiger partial charge in [-0.1, -0.05) is 12.1 Å². The molecule has 0 unspecified atom stereocenters. The summed E-state index contributed by atoms with van der Waals surface area (Å²) in [5, 5.41) is 10.1. The molecule has 0 saturated heterocycles. The summed E-state index contributed by atoms with van der Waals surface area (Å²) >= 11 is 0. The van der Waals surface area contributed by atoms with E-state index < -0.39 is 11.9 Å². The molecule has 1 atom stereocenters. The number of nitrogens with zero attached hydrogens (tertiary/aromatic N) is 2. The molecule has 2 aliphatic rings. The SMILES string of the molecule is COc1ccc(/C=C2\Oc3c(ccc4c3[C@@H](c3ccc5c(c3)n(C)c(=O)n5C)CC(=O)O4)C2=O)cc1O. The van der Waals surface area contributed by atoms with E-state index in [1.54, 1.807) is 53.6 Å². The van der Waals surface area contributed by atoms with Crippen molar-refractivity contribution in [3.63, 3.8) is 0 Å². The number of hydrogen-bond acceptors (Lipinski definition) is 7. The van der Waals surface area contributed by atoms with Crippen LogP contribution in [-0.4, -0.2) is 33.1 Å². The summed E-state index contributed by atoms with van der Waals surface area (Å²) in [6, 6.07) is 13.6. The molecule has 0 bridgehead atoms. The molecule has 3 heterocycles. The van der Waals surface area contributed by atoms with Crippen molar-refractivity contribution in [1.82, 2.24) is 9.13 Å². The normalized spacial score (nSPS) is 17.5. The van der Waals surface area contributed by atoms with Gasteiger partial charge in [0.05, 0.1) is 30.1 Å². The number of rotatable bonds is 3. The highest BCUT2D eigenvalue weighted by atomic mass is 16.5. The smallest absolute Gasteiger partial charge is 0.328 e. The number of ketones is 1. The van der Waals surface area contributed by atoms with E-state index in [0.29, 0.717) is 33.9 Å². The molecule has 186 valence electrons. The van der Waals surface area contributed by atoms with E-state index >= 15 is 0 Å². The third-order valence-corrected chi connectivity index (χ3v) is 6.98. The van der Waals surface area contributed by atoms with Gasteiger partial charge < -0.3 is 19.3 Å². The second kappa shape index (κ2) is 8.12. The minimum absolute atomic E-state index is 0.0543. The number of aromatic hydroxyl groups is 1. The van der Waals surface area contributed by atoms with E-state index in [1.165, 1.54) is 13.2 Å². The highest BCUT2D eigenvalue weighted by Crippen LogP contribution is 2.49. The topological polar surface area (TPSA) is 109 Å². The third-order valence-electron chi connectivity index (χ3n) is 6.98. The van der Waals surface area contributed by atoms with E-state index in [2.05, 4.69) is 0 Å². The largest absolute Gasteiger partial charge is 0.504 e. The van der Waals surface area contributed by atoms with Crippen LogP contribution in [0.4, 0.5) is 0 Å². The van der Waals surface area contributed by atoms with Gasteiger partial charge in [0, 0.05) is 25.6 Å². The quantitative estimate of drug-likeness (QED) is 0.261. The number of carbonyl (C=O) groups excluding carboxylic acids is 2. The van der Waals surface area contributed by atoms with Gasteiger partial charge in [0.15, 0.2) is 17.3 Å². The van der Waals surface area contributed by atoms with Crippen molar-refractivity contribution < 1.29 is 28.9 Å². The highest BCUT2D eigenvalue weighted by Gasteiger charge is 2.38. The van der Waals surface area contributed by atoms with E-state index in [1.807, 2.05) is 18.2 Å². The van der Waals surface area contributed by atoms with Crippen molar-refractivity contribution in [2.75, 3.05) is 7.11 Å². The Kier molecular flexibility index (Phi) is 4.98. The summed E-state index contributed by atoms with van der Waals surface area (Å²) in [6.45, 7) is 0. The highest BCUT2D eigenvalue weighted by molar-refractivity contribution is 6.15. The number of methoxy groups -OCH3 is 1. The predicted molar refractivity (Wildman–Crippen MR) is 134 cm³/mol.